The van der Waals surface area contributed by atoms with E-state index < -0.39 is 5.82 Å². The summed E-state index contributed by atoms with van der Waals surface area (Å²) in [6, 6.07) is 6.66. The van der Waals surface area contributed by atoms with E-state index in [9.17, 15) is 4.39 Å². The monoisotopic (exact) mass is 248 g/mol. The van der Waals surface area contributed by atoms with Gasteiger partial charge in [0.1, 0.15) is 17.6 Å². The maximum Gasteiger partial charge on any atom is 0.144 e. The van der Waals surface area contributed by atoms with E-state index in [0.29, 0.717) is 18.4 Å². The van der Waals surface area contributed by atoms with Crippen LogP contribution in [0.15, 0.2) is 18.2 Å². The molecule has 0 radical (unpaired) electrons. The molecule has 18 heavy (non-hydrogen) atoms. The molecule has 1 unspecified atom stereocenters. The lowest BCUT2D eigenvalue weighted by Crippen LogP contribution is -2.35. The van der Waals surface area contributed by atoms with E-state index in [1.54, 1.807) is 12.1 Å². The van der Waals surface area contributed by atoms with Gasteiger partial charge in [-0.15, -0.1) is 0 Å². The molecule has 0 aromatic heterocycles. The molecule has 1 N–H and O–H groups in total. The Labute approximate surface area is 107 Å². The van der Waals surface area contributed by atoms with Crippen LogP contribution in [0.1, 0.15) is 31.2 Å². The van der Waals surface area contributed by atoms with Crippen LogP contribution in [0.3, 0.4) is 0 Å². The summed E-state index contributed by atoms with van der Waals surface area (Å²) in [5.74, 6) is -0.0342. The normalized spacial score (nSPS) is 19.2. The van der Waals surface area contributed by atoms with Crippen molar-refractivity contribution in [3.05, 3.63) is 29.6 Å². The number of nitriles is 1. The topological polar surface area (TPSA) is 45.0 Å². The van der Waals surface area contributed by atoms with Gasteiger partial charge in [0.15, 0.2) is 0 Å². The number of hydrogen-bond donors (Lipinski definition) is 1. The van der Waals surface area contributed by atoms with E-state index in [1.165, 1.54) is 31.4 Å². The second-order valence-corrected chi connectivity index (χ2v) is 4.54. The van der Waals surface area contributed by atoms with E-state index >= 15 is 0 Å². The zero-order valence-electron chi connectivity index (χ0n) is 10.3. The van der Waals surface area contributed by atoms with Gasteiger partial charge in [0.25, 0.3) is 0 Å². The Kier molecular flexibility index (Phi) is 4.54. The molecule has 1 aromatic carbocycles. The smallest absolute Gasteiger partial charge is 0.144 e. The molecule has 2 rings (SSSR count). The molecule has 1 heterocycles. The molecule has 3 nitrogen and oxygen atoms in total. The SMILES string of the molecule is N#Cc1ccc(OCCC2CCCCN2)cc1F. The van der Waals surface area contributed by atoms with Crippen LogP contribution < -0.4 is 10.1 Å². The second kappa shape index (κ2) is 6.36. The minimum Gasteiger partial charge on any atom is -0.493 e. The third-order valence-corrected chi connectivity index (χ3v) is 3.21. The van der Waals surface area contributed by atoms with Gasteiger partial charge in [0.2, 0.25) is 0 Å². The van der Waals surface area contributed by atoms with Crippen molar-refractivity contribution in [2.45, 2.75) is 31.7 Å². The van der Waals surface area contributed by atoms with Crippen LogP contribution in [0.4, 0.5) is 4.39 Å². The molecule has 0 saturated carbocycles. The van der Waals surface area contributed by atoms with Gasteiger partial charge in [-0.2, -0.15) is 5.26 Å². The fraction of sp³-hybridized carbons (Fsp3) is 0.500. The molecule has 0 bridgehead atoms. The molecule has 1 aromatic rings. The molecule has 0 amide bonds. The zero-order valence-corrected chi connectivity index (χ0v) is 10.3. The largest absolute Gasteiger partial charge is 0.493 e. The standard InChI is InChI=1S/C14H17FN2O/c15-14-9-13(5-4-11(14)10-16)18-8-6-12-3-1-2-7-17-12/h4-5,9,12,17H,1-3,6-8H2. The van der Waals surface area contributed by atoms with Crippen LogP contribution in [0.5, 0.6) is 5.75 Å². The van der Waals surface area contributed by atoms with E-state index in [-0.39, 0.29) is 5.56 Å². The summed E-state index contributed by atoms with van der Waals surface area (Å²) in [4.78, 5) is 0. The van der Waals surface area contributed by atoms with Crippen LogP contribution in [0.2, 0.25) is 0 Å². The number of piperidine rings is 1. The lowest BCUT2D eigenvalue weighted by molar-refractivity contribution is 0.267. The average molecular weight is 248 g/mol. The Morgan fingerprint density at radius 3 is 3.00 bits per heavy atom. The first-order valence-electron chi connectivity index (χ1n) is 6.35. The quantitative estimate of drug-likeness (QED) is 0.890. The highest BCUT2D eigenvalue weighted by atomic mass is 19.1. The molecule has 1 fully saturated rings. The second-order valence-electron chi connectivity index (χ2n) is 4.54. The minimum absolute atomic E-state index is 0.0521. The molecule has 0 spiro atoms. The maximum atomic E-state index is 13.3. The predicted molar refractivity (Wildman–Crippen MR) is 66.9 cm³/mol. The fourth-order valence-electron chi connectivity index (χ4n) is 2.17. The molecule has 4 heteroatoms. The van der Waals surface area contributed by atoms with Crippen molar-refractivity contribution < 1.29 is 9.13 Å². The van der Waals surface area contributed by atoms with Gasteiger partial charge in [-0.05, 0) is 37.9 Å². The Bertz CT molecular complexity index is 436. The summed E-state index contributed by atoms with van der Waals surface area (Å²) >= 11 is 0. The lowest BCUT2D eigenvalue weighted by atomic mass is 10.0. The van der Waals surface area contributed by atoms with Crippen LogP contribution in [-0.4, -0.2) is 19.2 Å². The molecule has 96 valence electrons. The van der Waals surface area contributed by atoms with Crippen molar-refractivity contribution in [1.29, 1.82) is 5.26 Å². The number of benzene rings is 1. The number of ether oxygens (including phenoxy) is 1. The molecule has 1 aliphatic heterocycles. The van der Waals surface area contributed by atoms with Crippen molar-refractivity contribution in [2.75, 3.05) is 13.2 Å². The summed E-state index contributed by atoms with van der Waals surface area (Å²) in [6.07, 6.45) is 4.63. The van der Waals surface area contributed by atoms with Crippen LogP contribution in [0.25, 0.3) is 0 Å². The van der Waals surface area contributed by atoms with Crippen molar-refractivity contribution in [3.8, 4) is 11.8 Å². The van der Waals surface area contributed by atoms with Gasteiger partial charge in [-0.1, -0.05) is 6.42 Å². The number of halogens is 1. The summed E-state index contributed by atoms with van der Waals surface area (Å²) in [5.41, 5.74) is 0.0521. The minimum atomic E-state index is -0.522. The zero-order chi connectivity index (χ0) is 12.8. The van der Waals surface area contributed by atoms with Crippen molar-refractivity contribution in [1.82, 2.24) is 5.32 Å². The van der Waals surface area contributed by atoms with Crippen LogP contribution in [0, 0.1) is 17.1 Å². The van der Waals surface area contributed by atoms with Crippen molar-refractivity contribution in [3.63, 3.8) is 0 Å². The summed E-state index contributed by atoms with van der Waals surface area (Å²) < 4.78 is 18.8. The van der Waals surface area contributed by atoms with Gasteiger partial charge in [0, 0.05) is 12.1 Å². The Balaban J connectivity index is 1.79. The Morgan fingerprint density at radius 1 is 1.44 bits per heavy atom. The lowest BCUT2D eigenvalue weighted by Gasteiger charge is -2.23. The maximum absolute atomic E-state index is 13.3. The number of nitrogens with one attached hydrogen (secondary N) is 1. The van der Waals surface area contributed by atoms with Crippen molar-refractivity contribution in [2.24, 2.45) is 0 Å². The van der Waals surface area contributed by atoms with Gasteiger partial charge in [-0.3, -0.25) is 0 Å². The number of hydrogen-bond acceptors (Lipinski definition) is 3. The van der Waals surface area contributed by atoms with E-state index in [1.807, 2.05) is 0 Å². The summed E-state index contributed by atoms with van der Waals surface area (Å²) in [6.45, 7) is 1.65. The van der Waals surface area contributed by atoms with E-state index in [0.717, 1.165) is 13.0 Å². The molecule has 1 saturated heterocycles. The third-order valence-electron chi connectivity index (χ3n) is 3.21. The summed E-state index contributed by atoms with van der Waals surface area (Å²) in [7, 11) is 0. The Hall–Kier alpha value is -1.60. The van der Waals surface area contributed by atoms with Gasteiger partial charge in [0.05, 0.1) is 12.2 Å². The molecule has 1 atom stereocenters. The molecular weight excluding hydrogens is 231 g/mol. The predicted octanol–water partition coefficient (Wildman–Crippen LogP) is 2.61. The van der Waals surface area contributed by atoms with Crippen LogP contribution >= 0.6 is 0 Å². The highest BCUT2D eigenvalue weighted by Gasteiger charge is 2.12. The first-order chi connectivity index (χ1) is 8.79. The van der Waals surface area contributed by atoms with Crippen molar-refractivity contribution >= 4 is 0 Å². The average Bonchev–Trinajstić information content (AvgIpc) is 2.40. The number of rotatable bonds is 4. The summed E-state index contributed by atoms with van der Waals surface area (Å²) in [5, 5.41) is 12.1. The molecular formula is C14H17FN2O. The number of nitrogens with zero attached hydrogens (tertiary/aromatic N) is 1. The van der Waals surface area contributed by atoms with Crippen LogP contribution in [-0.2, 0) is 0 Å². The third kappa shape index (κ3) is 3.44. The highest BCUT2D eigenvalue weighted by molar-refractivity contribution is 5.36. The first-order valence-corrected chi connectivity index (χ1v) is 6.35. The first kappa shape index (κ1) is 12.8. The van der Waals surface area contributed by atoms with Gasteiger partial charge >= 0.3 is 0 Å². The van der Waals surface area contributed by atoms with E-state index in [2.05, 4.69) is 5.32 Å². The van der Waals surface area contributed by atoms with Gasteiger partial charge < -0.3 is 10.1 Å². The van der Waals surface area contributed by atoms with Gasteiger partial charge in [-0.25, -0.2) is 4.39 Å². The molecule has 0 aliphatic carbocycles. The highest BCUT2D eigenvalue weighted by Crippen LogP contribution is 2.17. The fourth-order valence-corrected chi connectivity index (χ4v) is 2.17. The molecule has 1 aliphatic rings. The Morgan fingerprint density at radius 2 is 2.33 bits per heavy atom. The van der Waals surface area contributed by atoms with E-state index in [4.69, 9.17) is 10.00 Å².